The van der Waals surface area contributed by atoms with E-state index in [1.165, 1.54) is 0 Å². The average Bonchev–Trinajstić information content (AvgIpc) is 3.43. The fourth-order valence-corrected chi connectivity index (χ4v) is 4.15. The van der Waals surface area contributed by atoms with E-state index in [-0.39, 0.29) is 17.9 Å². The minimum atomic E-state index is -0.0597. The van der Waals surface area contributed by atoms with Crippen molar-refractivity contribution in [2.45, 2.75) is 32.4 Å². The summed E-state index contributed by atoms with van der Waals surface area (Å²) in [6, 6.07) is 5.46. The Kier molecular flexibility index (Phi) is 5.62. The molecule has 4 heterocycles. The van der Waals surface area contributed by atoms with Crippen molar-refractivity contribution in [3.63, 3.8) is 0 Å². The third-order valence-corrected chi connectivity index (χ3v) is 5.91. The number of aryl methyl sites for hydroxylation is 1. The van der Waals surface area contributed by atoms with E-state index >= 15 is 0 Å². The Labute approximate surface area is 171 Å². The number of aromatic nitrogens is 3. The highest BCUT2D eigenvalue weighted by atomic mass is 16.2. The smallest absolute Gasteiger partial charge is 0.272 e. The molecular weight excluding hydrogens is 368 g/mol. The molecule has 2 saturated heterocycles. The third-order valence-electron chi connectivity index (χ3n) is 5.91. The molecule has 8 heteroatoms. The van der Waals surface area contributed by atoms with Crippen molar-refractivity contribution in [3.05, 3.63) is 47.5 Å². The van der Waals surface area contributed by atoms with Gasteiger partial charge in [0.25, 0.3) is 11.8 Å². The molecule has 2 aromatic rings. The second-order valence-electron chi connectivity index (χ2n) is 7.76. The zero-order valence-electron chi connectivity index (χ0n) is 17.1. The Morgan fingerprint density at radius 3 is 2.55 bits per heavy atom. The van der Waals surface area contributed by atoms with Crippen molar-refractivity contribution < 1.29 is 9.59 Å². The molecular formula is C21H28N6O2. The summed E-state index contributed by atoms with van der Waals surface area (Å²) in [5, 5.41) is 4.21. The number of carbonyl (C=O) groups excluding carboxylic acids is 2. The number of amides is 2. The molecule has 0 unspecified atom stereocenters. The number of piperazine rings is 1. The normalized spacial score (nSPS) is 20.3. The number of carbonyl (C=O) groups is 2. The number of likely N-dealkylation sites (N-methyl/N-ethyl adjacent to an activating group) is 1. The molecule has 0 saturated carbocycles. The fraction of sp³-hybridized carbons (Fsp3) is 0.524. The topological polar surface area (TPSA) is 74.6 Å². The molecule has 8 nitrogen and oxygen atoms in total. The number of rotatable bonds is 4. The minimum Gasteiger partial charge on any atom is -0.336 e. The van der Waals surface area contributed by atoms with Gasteiger partial charge in [-0.05, 0) is 45.0 Å². The maximum atomic E-state index is 13.1. The van der Waals surface area contributed by atoms with Crippen LogP contribution >= 0.6 is 0 Å². The van der Waals surface area contributed by atoms with Crippen molar-refractivity contribution in [1.82, 2.24) is 29.5 Å². The Balaban J connectivity index is 1.48. The molecule has 2 amide bonds. The summed E-state index contributed by atoms with van der Waals surface area (Å²) in [5.74, 6) is 0.0228. The summed E-state index contributed by atoms with van der Waals surface area (Å²) in [4.78, 5) is 36.3. The Morgan fingerprint density at radius 2 is 1.86 bits per heavy atom. The fourth-order valence-electron chi connectivity index (χ4n) is 4.15. The van der Waals surface area contributed by atoms with E-state index in [9.17, 15) is 9.59 Å². The zero-order chi connectivity index (χ0) is 20.4. The SMILES string of the molecule is CCn1nccc1C(=O)N1CCC[C@H]1c1ccc(C(=O)N2CCN(C)CC2)cn1. The van der Waals surface area contributed by atoms with Gasteiger partial charge < -0.3 is 14.7 Å². The van der Waals surface area contributed by atoms with Gasteiger partial charge in [0.2, 0.25) is 0 Å². The minimum absolute atomic E-state index is 0.00811. The van der Waals surface area contributed by atoms with Gasteiger partial charge in [0.05, 0.1) is 17.3 Å². The largest absolute Gasteiger partial charge is 0.336 e. The molecule has 0 N–H and O–H groups in total. The standard InChI is InChI=1S/C21H28N6O2/c1-3-27-19(8-9-23-27)21(29)26-10-4-5-18(26)17-7-6-16(15-22-17)20(28)25-13-11-24(2)12-14-25/h6-9,15,18H,3-5,10-14H2,1-2H3/t18-/m0/s1. The van der Waals surface area contributed by atoms with E-state index in [0.29, 0.717) is 24.3 Å². The van der Waals surface area contributed by atoms with Gasteiger partial charge >= 0.3 is 0 Å². The summed E-state index contributed by atoms with van der Waals surface area (Å²) in [6.07, 6.45) is 5.15. The highest BCUT2D eigenvalue weighted by molar-refractivity contribution is 5.94. The first-order chi connectivity index (χ1) is 14.1. The van der Waals surface area contributed by atoms with Crippen LogP contribution in [0.5, 0.6) is 0 Å². The molecule has 1 atom stereocenters. The van der Waals surface area contributed by atoms with E-state index in [4.69, 9.17) is 0 Å². The second kappa shape index (κ2) is 8.32. The summed E-state index contributed by atoms with van der Waals surface area (Å²) in [7, 11) is 2.07. The van der Waals surface area contributed by atoms with E-state index in [0.717, 1.165) is 44.7 Å². The number of pyridine rings is 1. The van der Waals surface area contributed by atoms with Gasteiger partial charge in [-0.3, -0.25) is 19.3 Å². The van der Waals surface area contributed by atoms with Gasteiger partial charge in [0.15, 0.2) is 0 Å². The van der Waals surface area contributed by atoms with Gasteiger partial charge in [0.1, 0.15) is 5.69 Å². The first kappa shape index (κ1) is 19.6. The maximum absolute atomic E-state index is 13.1. The molecule has 2 aromatic heterocycles. The van der Waals surface area contributed by atoms with Crippen LogP contribution in [0.2, 0.25) is 0 Å². The quantitative estimate of drug-likeness (QED) is 0.786. The van der Waals surface area contributed by atoms with Gasteiger partial charge in [-0.15, -0.1) is 0 Å². The Bertz CT molecular complexity index is 870. The molecule has 0 aromatic carbocycles. The van der Waals surface area contributed by atoms with Crippen molar-refractivity contribution >= 4 is 11.8 Å². The van der Waals surface area contributed by atoms with Crippen LogP contribution in [0.4, 0.5) is 0 Å². The van der Waals surface area contributed by atoms with Crippen LogP contribution in [0.1, 0.15) is 52.3 Å². The van der Waals surface area contributed by atoms with Gasteiger partial charge in [-0.2, -0.15) is 5.10 Å². The summed E-state index contributed by atoms with van der Waals surface area (Å²) >= 11 is 0. The second-order valence-corrected chi connectivity index (χ2v) is 7.76. The molecule has 0 aliphatic carbocycles. The highest BCUT2D eigenvalue weighted by Gasteiger charge is 2.33. The van der Waals surface area contributed by atoms with Crippen molar-refractivity contribution in [3.8, 4) is 0 Å². The van der Waals surface area contributed by atoms with Crippen LogP contribution in [-0.4, -0.2) is 81.1 Å². The van der Waals surface area contributed by atoms with E-state index in [1.807, 2.05) is 28.9 Å². The highest BCUT2D eigenvalue weighted by Crippen LogP contribution is 2.32. The van der Waals surface area contributed by atoms with Gasteiger partial charge in [-0.25, -0.2) is 0 Å². The zero-order valence-corrected chi connectivity index (χ0v) is 17.1. The van der Waals surface area contributed by atoms with E-state index < -0.39 is 0 Å². The molecule has 29 heavy (non-hydrogen) atoms. The lowest BCUT2D eigenvalue weighted by Crippen LogP contribution is -2.47. The third kappa shape index (κ3) is 3.89. The van der Waals surface area contributed by atoms with Gasteiger partial charge in [-0.1, -0.05) is 0 Å². The molecule has 2 fully saturated rings. The molecule has 4 rings (SSSR count). The summed E-state index contributed by atoms with van der Waals surface area (Å²) in [6.45, 7) is 6.62. The predicted octanol–water partition coefficient (Wildman–Crippen LogP) is 1.66. The molecule has 0 bridgehead atoms. The maximum Gasteiger partial charge on any atom is 0.272 e. The van der Waals surface area contributed by atoms with Crippen LogP contribution in [0.15, 0.2) is 30.6 Å². The molecule has 2 aliphatic rings. The molecule has 154 valence electrons. The van der Waals surface area contributed by atoms with Crippen LogP contribution in [0, 0.1) is 0 Å². The molecule has 0 radical (unpaired) electrons. The van der Waals surface area contributed by atoms with Crippen molar-refractivity contribution in [1.29, 1.82) is 0 Å². The number of hydrogen-bond acceptors (Lipinski definition) is 5. The lowest BCUT2D eigenvalue weighted by atomic mass is 10.1. The lowest BCUT2D eigenvalue weighted by molar-refractivity contribution is 0.0661. The predicted molar refractivity (Wildman–Crippen MR) is 109 cm³/mol. The summed E-state index contributed by atoms with van der Waals surface area (Å²) in [5.41, 5.74) is 2.06. The van der Waals surface area contributed by atoms with Crippen LogP contribution in [0.3, 0.4) is 0 Å². The van der Waals surface area contributed by atoms with Crippen LogP contribution in [-0.2, 0) is 6.54 Å². The molecule has 2 aliphatic heterocycles. The average molecular weight is 396 g/mol. The number of likely N-dealkylation sites (tertiary alicyclic amines) is 1. The Hall–Kier alpha value is -2.74. The first-order valence-electron chi connectivity index (χ1n) is 10.3. The lowest BCUT2D eigenvalue weighted by Gasteiger charge is -2.32. The number of nitrogens with zero attached hydrogens (tertiary/aromatic N) is 6. The first-order valence-corrected chi connectivity index (χ1v) is 10.3. The van der Waals surface area contributed by atoms with Crippen molar-refractivity contribution in [2.24, 2.45) is 0 Å². The van der Waals surface area contributed by atoms with E-state index in [2.05, 4.69) is 22.0 Å². The molecule has 0 spiro atoms. The Morgan fingerprint density at radius 1 is 1.07 bits per heavy atom. The summed E-state index contributed by atoms with van der Waals surface area (Å²) < 4.78 is 1.73. The van der Waals surface area contributed by atoms with Crippen molar-refractivity contribution in [2.75, 3.05) is 39.8 Å². The van der Waals surface area contributed by atoms with Crippen LogP contribution < -0.4 is 0 Å². The van der Waals surface area contributed by atoms with Crippen LogP contribution in [0.25, 0.3) is 0 Å². The number of hydrogen-bond donors (Lipinski definition) is 0. The van der Waals surface area contributed by atoms with Gasteiger partial charge in [0, 0.05) is 51.7 Å². The van der Waals surface area contributed by atoms with E-state index in [1.54, 1.807) is 23.1 Å². The monoisotopic (exact) mass is 396 g/mol.